The summed E-state index contributed by atoms with van der Waals surface area (Å²) >= 11 is 0. The lowest BCUT2D eigenvalue weighted by atomic mass is 10.0. The number of amides is 1. The third-order valence-electron chi connectivity index (χ3n) is 2.86. The van der Waals surface area contributed by atoms with Crippen LogP contribution in [0.2, 0.25) is 0 Å². The predicted octanol–water partition coefficient (Wildman–Crippen LogP) is -1.33. The maximum absolute atomic E-state index is 11.9. The SMILES string of the molecule is CNC1COCC1C(=O)NCc1ncn(C)n1. The minimum atomic E-state index is -0.135. The van der Waals surface area contributed by atoms with E-state index in [0.29, 0.717) is 25.6 Å². The molecule has 2 N–H and O–H groups in total. The maximum atomic E-state index is 11.9. The van der Waals surface area contributed by atoms with Crippen LogP contribution < -0.4 is 10.6 Å². The molecule has 0 spiro atoms. The van der Waals surface area contributed by atoms with Gasteiger partial charge in [0.25, 0.3) is 0 Å². The van der Waals surface area contributed by atoms with Gasteiger partial charge in [0, 0.05) is 13.1 Å². The van der Waals surface area contributed by atoms with Crippen LogP contribution in [-0.4, -0.2) is 47.0 Å². The highest BCUT2D eigenvalue weighted by molar-refractivity contribution is 5.79. The molecule has 1 amide bonds. The third-order valence-corrected chi connectivity index (χ3v) is 2.86. The summed E-state index contributed by atoms with van der Waals surface area (Å²) in [7, 11) is 3.63. The van der Waals surface area contributed by atoms with Gasteiger partial charge in [0.2, 0.25) is 5.91 Å². The van der Waals surface area contributed by atoms with Gasteiger partial charge in [0.15, 0.2) is 5.82 Å². The van der Waals surface area contributed by atoms with Gasteiger partial charge < -0.3 is 15.4 Å². The van der Waals surface area contributed by atoms with Gasteiger partial charge in [0.1, 0.15) is 6.33 Å². The van der Waals surface area contributed by atoms with Crippen molar-refractivity contribution in [1.29, 1.82) is 0 Å². The van der Waals surface area contributed by atoms with E-state index in [1.807, 2.05) is 7.05 Å². The molecule has 2 atom stereocenters. The van der Waals surface area contributed by atoms with Crippen molar-refractivity contribution in [2.45, 2.75) is 12.6 Å². The van der Waals surface area contributed by atoms with E-state index in [2.05, 4.69) is 20.7 Å². The Morgan fingerprint density at radius 3 is 3.12 bits per heavy atom. The van der Waals surface area contributed by atoms with Crippen molar-refractivity contribution < 1.29 is 9.53 Å². The summed E-state index contributed by atoms with van der Waals surface area (Å²) in [6, 6.07) is 0.0895. The van der Waals surface area contributed by atoms with E-state index in [-0.39, 0.29) is 17.9 Å². The second kappa shape index (κ2) is 5.24. The van der Waals surface area contributed by atoms with Gasteiger partial charge in [-0.25, -0.2) is 4.98 Å². The van der Waals surface area contributed by atoms with Crippen LogP contribution in [0.15, 0.2) is 6.33 Å². The normalized spacial score (nSPS) is 23.9. The van der Waals surface area contributed by atoms with Gasteiger partial charge in [-0.2, -0.15) is 5.10 Å². The molecule has 2 heterocycles. The van der Waals surface area contributed by atoms with Crippen molar-refractivity contribution in [3.8, 4) is 0 Å². The fourth-order valence-electron chi connectivity index (χ4n) is 1.86. The summed E-state index contributed by atoms with van der Waals surface area (Å²) in [5.41, 5.74) is 0. The lowest BCUT2D eigenvalue weighted by Crippen LogP contribution is -2.42. The molecule has 1 aromatic heterocycles. The molecular formula is C10H17N5O2. The Labute approximate surface area is 99.5 Å². The second-order valence-electron chi connectivity index (χ2n) is 4.09. The van der Waals surface area contributed by atoms with Crippen molar-refractivity contribution in [3.63, 3.8) is 0 Å². The van der Waals surface area contributed by atoms with E-state index in [0.717, 1.165) is 0 Å². The quantitative estimate of drug-likeness (QED) is 0.680. The Morgan fingerprint density at radius 1 is 1.65 bits per heavy atom. The van der Waals surface area contributed by atoms with Crippen molar-refractivity contribution in [2.75, 3.05) is 20.3 Å². The maximum Gasteiger partial charge on any atom is 0.227 e. The van der Waals surface area contributed by atoms with Crippen LogP contribution >= 0.6 is 0 Å². The van der Waals surface area contributed by atoms with Gasteiger partial charge in [-0.1, -0.05) is 0 Å². The van der Waals surface area contributed by atoms with Crippen LogP contribution in [0, 0.1) is 5.92 Å². The van der Waals surface area contributed by atoms with Gasteiger partial charge >= 0.3 is 0 Å². The standard InChI is InChI=1S/C10H17N5O2/c1-11-8-5-17-4-7(8)10(16)12-3-9-13-6-15(2)14-9/h6-8,11H,3-5H2,1-2H3,(H,12,16). The summed E-state index contributed by atoms with van der Waals surface area (Å²) < 4.78 is 6.89. The number of aryl methyl sites for hydroxylation is 1. The van der Waals surface area contributed by atoms with Crippen LogP contribution in [0.5, 0.6) is 0 Å². The number of carbonyl (C=O) groups is 1. The molecule has 2 rings (SSSR count). The summed E-state index contributed by atoms with van der Waals surface area (Å²) in [4.78, 5) is 15.9. The number of ether oxygens (including phenoxy) is 1. The molecule has 7 heteroatoms. The molecule has 17 heavy (non-hydrogen) atoms. The Bertz CT molecular complexity index is 392. The van der Waals surface area contributed by atoms with Crippen molar-refractivity contribution >= 4 is 5.91 Å². The smallest absolute Gasteiger partial charge is 0.227 e. The minimum absolute atomic E-state index is 0.0192. The number of carbonyl (C=O) groups excluding carboxylic acids is 1. The number of hydrogen-bond acceptors (Lipinski definition) is 5. The Balaban J connectivity index is 1.84. The van der Waals surface area contributed by atoms with Crippen molar-refractivity contribution in [2.24, 2.45) is 13.0 Å². The second-order valence-corrected chi connectivity index (χ2v) is 4.09. The molecule has 1 fully saturated rings. The largest absolute Gasteiger partial charge is 0.379 e. The highest BCUT2D eigenvalue weighted by atomic mass is 16.5. The van der Waals surface area contributed by atoms with Crippen LogP contribution in [-0.2, 0) is 23.1 Å². The number of likely N-dealkylation sites (N-methyl/N-ethyl adjacent to an activating group) is 1. The van der Waals surface area contributed by atoms with Gasteiger partial charge in [-0.3, -0.25) is 9.48 Å². The average Bonchev–Trinajstić information content (AvgIpc) is 2.94. The predicted molar refractivity (Wildman–Crippen MR) is 60.0 cm³/mol. The first kappa shape index (κ1) is 12.0. The number of hydrogen-bond donors (Lipinski definition) is 2. The summed E-state index contributed by atoms with van der Waals surface area (Å²) in [6.07, 6.45) is 1.61. The van der Waals surface area contributed by atoms with Crippen LogP contribution in [0.25, 0.3) is 0 Å². The molecule has 0 bridgehead atoms. The van der Waals surface area contributed by atoms with Gasteiger partial charge in [-0.15, -0.1) is 0 Å². The third kappa shape index (κ3) is 2.80. The van der Waals surface area contributed by atoms with E-state index < -0.39 is 0 Å². The van der Waals surface area contributed by atoms with E-state index in [1.54, 1.807) is 18.1 Å². The molecule has 0 radical (unpaired) electrons. The Morgan fingerprint density at radius 2 is 2.47 bits per heavy atom. The van der Waals surface area contributed by atoms with Crippen molar-refractivity contribution in [3.05, 3.63) is 12.2 Å². The van der Waals surface area contributed by atoms with Gasteiger partial charge in [-0.05, 0) is 7.05 Å². The van der Waals surface area contributed by atoms with Gasteiger partial charge in [0.05, 0.1) is 25.7 Å². The Kier molecular flexibility index (Phi) is 3.70. The van der Waals surface area contributed by atoms with E-state index in [9.17, 15) is 4.79 Å². The van der Waals surface area contributed by atoms with Crippen LogP contribution in [0.4, 0.5) is 0 Å². The summed E-state index contributed by atoms with van der Waals surface area (Å²) in [6.45, 7) is 1.40. The zero-order valence-corrected chi connectivity index (χ0v) is 10.0. The van der Waals surface area contributed by atoms with Crippen LogP contribution in [0.3, 0.4) is 0 Å². The molecule has 7 nitrogen and oxygen atoms in total. The highest BCUT2D eigenvalue weighted by Crippen LogP contribution is 2.13. The lowest BCUT2D eigenvalue weighted by Gasteiger charge is -2.15. The minimum Gasteiger partial charge on any atom is -0.379 e. The number of nitrogens with one attached hydrogen (secondary N) is 2. The lowest BCUT2D eigenvalue weighted by molar-refractivity contribution is -0.125. The van der Waals surface area contributed by atoms with Crippen molar-refractivity contribution in [1.82, 2.24) is 25.4 Å². The molecule has 1 aliphatic heterocycles. The molecule has 1 aromatic rings. The number of nitrogens with zero attached hydrogens (tertiary/aromatic N) is 3. The van der Waals surface area contributed by atoms with Crippen LogP contribution in [0.1, 0.15) is 5.82 Å². The highest BCUT2D eigenvalue weighted by Gasteiger charge is 2.32. The zero-order valence-electron chi connectivity index (χ0n) is 10.0. The molecule has 2 unspecified atom stereocenters. The summed E-state index contributed by atoms with van der Waals surface area (Å²) in [5.74, 6) is 0.457. The molecule has 0 aromatic carbocycles. The molecule has 1 aliphatic rings. The monoisotopic (exact) mass is 239 g/mol. The fourth-order valence-corrected chi connectivity index (χ4v) is 1.86. The number of rotatable bonds is 4. The average molecular weight is 239 g/mol. The molecular weight excluding hydrogens is 222 g/mol. The number of aromatic nitrogens is 3. The zero-order chi connectivity index (χ0) is 12.3. The van der Waals surface area contributed by atoms with E-state index >= 15 is 0 Å². The summed E-state index contributed by atoms with van der Waals surface area (Å²) in [5, 5.41) is 9.99. The first-order valence-electron chi connectivity index (χ1n) is 5.58. The molecule has 0 aliphatic carbocycles. The van der Waals surface area contributed by atoms with E-state index in [4.69, 9.17) is 4.74 Å². The molecule has 94 valence electrons. The fraction of sp³-hybridized carbons (Fsp3) is 0.700. The first-order chi connectivity index (χ1) is 8.20. The van der Waals surface area contributed by atoms with E-state index in [1.165, 1.54) is 0 Å². The Hall–Kier alpha value is -1.47. The topological polar surface area (TPSA) is 81.1 Å². The first-order valence-corrected chi connectivity index (χ1v) is 5.58. The molecule has 1 saturated heterocycles. The molecule has 0 saturated carbocycles.